The summed E-state index contributed by atoms with van der Waals surface area (Å²) in [7, 11) is 0. The highest BCUT2D eigenvalue weighted by Crippen LogP contribution is 2.39. The van der Waals surface area contributed by atoms with E-state index >= 15 is 0 Å². The van der Waals surface area contributed by atoms with Gasteiger partial charge >= 0.3 is 5.97 Å². The van der Waals surface area contributed by atoms with Crippen molar-refractivity contribution in [2.75, 3.05) is 19.6 Å². The second-order valence-electron chi connectivity index (χ2n) is 12.2. The number of amides is 1. The lowest BCUT2D eigenvalue weighted by molar-refractivity contribution is -0.253. The first-order valence-corrected chi connectivity index (χ1v) is 16.4. The van der Waals surface area contributed by atoms with Crippen LogP contribution in [-0.4, -0.2) is 52.7 Å². The van der Waals surface area contributed by atoms with Crippen LogP contribution in [0.15, 0.2) is 72.8 Å². The van der Waals surface area contributed by atoms with Gasteiger partial charge in [0.2, 0.25) is 5.91 Å². The minimum Gasteiger partial charge on any atom is -0.481 e. The number of aliphatic carboxylic acids is 1. The SMILES string of the molecule is O=C(O)CCCCCC(=O)NCc1ccccc1-c1ccc([C@H]2O[C@@H](CN3CCCCC3)C[C@@H](c3ccc(CO)cc3)O2)cc1. The maximum atomic E-state index is 12.4. The number of aliphatic hydroxyl groups is 1. The monoisotopic (exact) mass is 614 g/mol. The van der Waals surface area contributed by atoms with Gasteiger partial charge in [0.15, 0.2) is 6.29 Å². The molecule has 45 heavy (non-hydrogen) atoms. The molecule has 2 fully saturated rings. The summed E-state index contributed by atoms with van der Waals surface area (Å²) in [5.74, 6) is -0.823. The van der Waals surface area contributed by atoms with Crippen LogP contribution in [0.25, 0.3) is 11.1 Å². The first kappa shape index (κ1) is 32.8. The molecule has 3 atom stereocenters. The number of hydrogen-bond donors (Lipinski definition) is 3. The van der Waals surface area contributed by atoms with E-state index < -0.39 is 12.3 Å². The number of likely N-dealkylation sites (tertiary alicyclic amines) is 1. The van der Waals surface area contributed by atoms with Crippen LogP contribution < -0.4 is 5.32 Å². The summed E-state index contributed by atoms with van der Waals surface area (Å²) >= 11 is 0. The third kappa shape index (κ3) is 9.71. The molecular formula is C37H46N2O6. The van der Waals surface area contributed by atoms with Crippen LogP contribution in [0.2, 0.25) is 0 Å². The Kier molecular flexibility index (Phi) is 12.2. The van der Waals surface area contributed by atoms with Crippen molar-refractivity contribution in [3.05, 3.63) is 95.1 Å². The minimum absolute atomic E-state index is 0.0210. The van der Waals surface area contributed by atoms with Crippen LogP contribution in [0.4, 0.5) is 0 Å². The predicted octanol–water partition coefficient (Wildman–Crippen LogP) is 6.53. The van der Waals surface area contributed by atoms with Gasteiger partial charge in [-0.15, -0.1) is 0 Å². The minimum atomic E-state index is -0.797. The van der Waals surface area contributed by atoms with Gasteiger partial charge in [-0.05, 0) is 66.6 Å². The van der Waals surface area contributed by atoms with Gasteiger partial charge in [0.1, 0.15) is 0 Å². The number of nitrogens with zero attached hydrogens (tertiary/aromatic N) is 1. The highest BCUT2D eigenvalue weighted by Gasteiger charge is 2.33. The number of piperidine rings is 1. The maximum Gasteiger partial charge on any atom is 0.303 e. The molecule has 3 N–H and O–H groups in total. The number of carboxylic acid groups (broad SMARTS) is 1. The van der Waals surface area contributed by atoms with Gasteiger partial charge in [-0.25, -0.2) is 0 Å². The number of carbonyl (C=O) groups excluding carboxylic acids is 1. The maximum absolute atomic E-state index is 12.4. The highest BCUT2D eigenvalue weighted by molar-refractivity contribution is 5.76. The number of aliphatic hydroxyl groups excluding tert-OH is 1. The molecule has 5 rings (SSSR count). The highest BCUT2D eigenvalue weighted by atomic mass is 16.7. The van der Waals surface area contributed by atoms with E-state index in [1.54, 1.807) is 0 Å². The standard InChI is InChI=1S/C37H46N2O6/c40-26-27-13-15-29(16-14-27)34-23-32(25-39-21-7-2-8-22-39)44-37(45-34)30-19-17-28(18-20-30)33-10-6-5-9-31(33)24-38-35(41)11-3-1-4-12-36(42)43/h5-6,9-10,13-20,32,34,37,40H,1-4,7-8,11-12,21-26H2,(H,38,41)(H,42,43)/t32-,34+,37+/m1/s1. The zero-order chi connectivity index (χ0) is 31.4. The summed E-state index contributed by atoms with van der Waals surface area (Å²) in [6, 6.07) is 24.4. The van der Waals surface area contributed by atoms with Gasteiger partial charge in [-0.2, -0.15) is 0 Å². The Labute approximate surface area is 266 Å². The van der Waals surface area contributed by atoms with E-state index in [0.29, 0.717) is 25.8 Å². The summed E-state index contributed by atoms with van der Waals surface area (Å²) in [5, 5.41) is 21.3. The van der Waals surface area contributed by atoms with Gasteiger partial charge in [0.05, 0.1) is 18.8 Å². The van der Waals surface area contributed by atoms with Crippen molar-refractivity contribution in [2.45, 2.75) is 89.4 Å². The zero-order valence-corrected chi connectivity index (χ0v) is 26.0. The molecular weight excluding hydrogens is 568 g/mol. The van der Waals surface area contributed by atoms with Gasteiger partial charge in [0, 0.05) is 37.9 Å². The average Bonchev–Trinajstić information content (AvgIpc) is 3.07. The van der Waals surface area contributed by atoms with Crippen molar-refractivity contribution in [1.29, 1.82) is 0 Å². The molecule has 1 amide bonds. The Morgan fingerprint density at radius 3 is 2.27 bits per heavy atom. The lowest BCUT2D eigenvalue weighted by Gasteiger charge is -2.39. The molecule has 2 saturated heterocycles. The molecule has 2 aliphatic rings. The Morgan fingerprint density at radius 2 is 1.53 bits per heavy atom. The quantitative estimate of drug-likeness (QED) is 0.177. The Bertz CT molecular complexity index is 1370. The fraction of sp³-hybridized carbons (Fsp3) is 0.459. The van der Waals surface area contributed by atoms with E-state index in [1.807, 2.05) is 30.3 Å². The lowest BCUT2D eigenvalue weighted by Crippen LogP contribution is -2.41. The van der Waals surface area contributed by atoms with Crippen molar-refractivity contribution in [3.63, 3.8) is 0 Å². The van der Waals surface area contributed by atoms with Gasteiger partial charge in [-0.1, -0.05) is 85.6 Å². The van der Waals surface area contributed by atoms with E-state index in [0.717, 1.165) is 65.9 Å². The summed E-state index contributed by atoms with van der Waals surface area (Å²) < 4.78 is 13.1. The Balaban J connectivity index is 1.24. The second-order valence-corrected chi connectivity index (χ2v) is 12.2. The third-order valence-corrected chi connectivity index (χ3v) is 8.81. The summed E-state index contributed by atoms with van der Waals surface area (Å²) in [6.07, 6.45) is 6.54. The van der Waals surface area contributed by atoms with Gasteiger partial charge in [-0.3, -0.25) is 9.59 Å². The van der Waals surface area contributed by atoms with Crippen LogP contribution >= 0.6 is 0 Å². The molecule has 0 aliphatic carbocycles. The van der Waals surface area contributed by atoms with Crippen molar-refractivity contribution >= 4 is 11.9 Å². The number of carboxylic acids is 1. The van der Waals surface area contributed by atoms with Gasteiger partial charge < -0.3 is 29.9 Å². The number of ether oxygens (including phenoxy) is 2. The van der Waals surface area contributed by atoms with E-state index in [-0.39, 0.29) is 31.1 Å². The van der Waals surface area contributed by atoms with Crippen molar-refractivity contribution in [1.82, 2.24) is 10.2 Å². The molecule has 0 aromatic heterocycles. The molecule has 2 aliphatic heterocycles. The van der Waals surface area contributed by atoms with Crippen LogP contribution in [0.1, 0.15) is 92.4 Å². The van der Waals surface area contributed by atoms with Crippen LogP contribution in [-0.2, 0) is 32.2 Å². The predicted molar refractivity (Wildman–Crippen MR) is 173 cm³/mol. The molecule has 8 heteroatoms. The van der Waals surface area contributed by atoms with E-state index in [1.165, 1.54) is 19.3 Å². The van der Waals surface area contributed by atoms with Crippen molar-refractivity contribution < 1.29 is 29.3 Å². The number of benzene rings is 3. The fourth-order valence-corrected chi connectivity index (χ4v) is 6.26. The molecule has 240 valence electrons. The zero-order valence-electron chi connectivity index (χ0n) is 26.0. The first-order chi connectivity index (χ1) is 22.0. The molecule has 0 spiro atoms. The molecule has 0 radical (unpaired) electrons. The number of unbranched alkanes of at least 4 members (excludes halogenated alkanes) is 2. The Hall–Kier alpha value is -3.56. The molecule has 0 saturated carbocycles. The topological polar surface area (TPSA) is 108 Å². The molecule has 2 heterocycles. The summed E-state index contributed by atoms with van der Waals surface area (Å²) in [6.45, 7) is 3.57. The smallest absolute Gasteiger partial charge is 0.303 e. The second kappa shape index (κ2) is 16.7. The third-order valence-electron chi connectivity index (χ3n) is 8.81. The average molecular weight is 615 g/mol. The normalized spacial score (nSPS) is 20.5. The van der Waals surface area contributed by atoms with Crippen LogP contribution in [0, 0.1) is 0 Å². The van der Waals surface area contributed by atoms with Crippen molar-refractivity contribution in [2.24, 2.45) is 0 Å². The molecule has 3 aromatic rings. The number of rotatable bonds is 14. The summed E-state index contributed by atoms with van der Waals surface area (Å²) in [5.41, 5.74) is 6.08. The number of hydrogen-bond acceptors (Lipinski definition) is 6. The fourth-order valence-electron chi connectivity index (χ4n) is 6.26. The number of carbonyl (C=O) groups is 2. The number of nitrogens with one attached hydrogen (secondary N) is 1. The van der Waals surface area contributed by atoms with E-state index in [2.05, 4.69) is 52.7 Å². The summed E-state index contributed by atoms with van der Waals surface area (Å²) in [4.78, 5) is 25.6. The lowest BCUT2D eigenvalue weighted by atomic mass is 9.97. The van der Waals surface area contributed by atoms with Crippen molar-refractivity contribution in [3.8, 4) is 11.1 Å². The first-order valence-electron chi connectivity index (χ1n) is 16.4. The van der Waals surface area contributed by atoms with E-state index in [4.69, 9.17) is 14.6 Å². The van der Waals surface area contributed by atoms with Gasteiger partial charge in [0.25, 0.3) is 0 Å². The van der Waals surface area contributed by atoms with Crippen LogP contribution in [0.5, 0.6) is 0 Å². The van der Waals surface area contributed by atoms with E-state index in [9.17, 15) is 14.7 Å². The van der Waals surface area contributed by atoms with Crippen LogP contribution in [0.3, 0.4) is 0 Å². The Morgan fingerprint density at radius 1 is 0.822 bits per heavy atom. The molecule has 0 unspecified atom stereocenters. The molecule has 3 aromatic carbocycles. The molecule has 8 nitrogen and oxygen atoms in total. The molecule has 0 bridgehead atoms. The largest absolute Gasteiger partial charge is 0.481 e.